The molecule has 0 unspecified atom stereocenters. The molecule has 0 saturated heterocycles. The summed E-state index contributed by atoms with van der Waals surface area (Å²) in [6.07, 6.45) is 0. The van der Waals surface area contributed by atoms with E-state index < -0.39 is 10.0 Å². The van der Waals surface area contributed by atoms with Crippen molar-refractivity contribution in [3.63, 3.8) is 0 Å². The number of nitrogens with one attached hydrogen (secondary N) is 2. The number of ether oxygens (including phenoxy) is 3. The van der Waals surface area contributed by atoms with Crippen LogP contribution in [0.1, 0.15) is 26.3 Å². The quantitative estimate of drug-likeness (QED) is 0.456. The van der Waals surface area contributed by atoms with Gasteiger partial charge in [-0.25, -0.2) is 8.42 Å². The molecule has 0 aliphatic heterocycles. The van der Waals surface area contributed by atoms with E-state index in [0.29, 0.717) is 11.4 Å². The SMILES string of the molecule is COc1cc(NS(=O)(=O)c2ccc(NC(=O)COc3ccccc3C(C)(C)C)cc2)nc(OC)n1. The number of methoxy groups -OCH3 is 2. The molecule has 0 fully saturated rings. The number of anilines is 2. The highest BCUT2D eigenvalue weighted by Gasteiger charge is 2.20. The average molecular weight is 501 g/mol. The highest BCUT2D eigenvalue weighted by molar-refractivity contribution is 7.92. The van der Waals surface area contributed by atoms with Gasteiger partial charge in [-0.1, -0.05) is 39.0 Å². The molecule has 0 atom stereocenters. The summed E-state index contributed by atoms with van der Waals surface area (Å²) in [7, 11) is -1.22. The molecule has 2 N–H and O–H groups in total. The van der Waals surface area contributed by atoms with E-state index in [4.69, 9.17) is 14.2 Å². The van der Waals surface area contributed by atoms with E-state index in [2.05, 4.69) is 40.8 Å². The normalized spacial score (nSPS) is 11.5. The van der Waals surface area contributed by atoms with Crippen LogP contribution in [0.4, 0.5) is 11.5 Å². The number of para-hydroxylation sites is 1. The minimum absolute atomic E-state index is 0.0150. The fraction of sp³-hybridized carbons (Fsp3) is 0.292. The number of sulfonamides is 1. The van der Waals surface area contributed by atoms with Crippen LogP contribution in [0.25, 0.3) is 0 Å². The minimum atomic E-state index is -3.96. The summed E-state index contributed by atoms with van der Waals surface area (Å²) in [5, 5.41) is 2.70. The van der Waals surface area contributed by atoms with Gasteiger partial charge in [-0.3, -0.25) is 9.52 Å². The Morgan fingerprint density at radius 3 is 2.29 bits per heavy atom. The van der Waals surface area contributed by atoms with Gasteiger partial charge in [0.05, 0.1) is 19.1 Å². The maximum atomic E-state index is 12.7. The van der Waals surface area contributed by atoms with Gasteiger partial charge >= 0.3 is 6.01 Å². The third-order valence-electron chi connectivity index (χ3n) is 4.81. The van der Waals surface area contributed by atoms with Crippen molar-refractivity contribution in [2.75, 3.05) is 30.9 Å². The molecule has 0 aliphatic carbocycles. The Labute approximate surface area is 204 Å². The van der Waals surface area contributed by atoms with Crippen molar-refractivity contribution in [3.05, 3.63) is 60.2 Å². The molecule has 2 aromatic carbocycles. The molecular formula is C24H28N4O6S. The Morgan fingerprint density at radius 1 is 0.971 bits per heavy atom. The van der Waals surface area contributed by atoms with Gasteiger partial charge < -0.3 is 19.5 Å². The monoisotopic (exact) mass is 500 g/mol. The first kappa shape index (κ1) is 25.8. The standard InChI is InChI=1S/C24H28N4O6S/c1-24(2,3)18-8-6-7-9-19(18)34-15-21(29)25-16-10-12-17(13-11-16)35(30,31)28-20-14-22(32-4)27-23(26-20)33-5/h6-14H,15H2,1-5H3,(H,25,29)(H,26,27,28). The summed E-state index contributed by atoms with van der Waals surface area (Å²) in [6.45, 7) is 6.01. The van der Waals surface area contributed by atoms with Crippen LogP contribution in [0.5, 0.6) is 17.6 Å². The van der Waals surface area contributed by atoms with Gasteiger partial charge in [0.15, 0.2) is 12.4 Å². The highest BCUT2D eigenvalue weighted by atomic mass is 32.2. The molecule has 3 rings (SSSR count). The van der Waals surface area contributed by atoms with Crippen molar-refractivity contribution < 1.29 is 27.4 Å². The first-order valence-electron chi connectivity index (χ1n) is 10.6. The van der Waals surface area contributed by atoms with Crippen LogP contribution in [0, 0.1) is 0 Å². The summed E-state index contributed by atoms with van der Waals surface area (Å²) in [5.41, 5.74) is 1.28. The van der Waals surface area contributed by atoms with E-state index in [9.17, 15) is 13.2 Å². The van der Waals surface area contributed by atoms with Crippen molar-refractivity contribution in [2.24, 2.45) is 0 Å². The van der Waals surface area contributed by atoms with Crippen LogP contribution in [0.3, 0.4) is 0 Å². The molecule has 1 aromatic heterocycles. The number of amides is 1. The highest BCUT2D eigenvalue weighted by Crippen LogP contribution is 2.31. The van der Waals surface area contributed by atoms with Gasteiger partial charge in [0.25, 0.3) is 15.9 Å². The molecule has 0 saturated carbocycles. The van der Waals surface area contributed by atoms with Crippen molar-refractivity contribution in [3.8, 4) is 17.6 Å². The second kappa shape index (κ2) is 10.6. The van der Waals surface area contributed by atoms with Crippen LogP contribution in [-0.4, -0.2) is 45.1 Å². The van der Waals surface area contributed by atoms with Gasteiger partial charge in [-0.05, 0) is 41.3 Å². The van der Waals surface area contributed by atoms with Crippen molar-refractivity contribution >= 4 is 27.4 Å². The molecule has 0 bridgehead atoms. The Bertz CT molecular complexity index is 1270. The molecule has 0 spiro atoms. The van der Waals surface area contributed by atoms with Crippen molar-refractivity contribution in [2.45, 2.75) is 31.1 Å². The molecule has 1 amide bonds. The fourth-order valence-corrected chi connectivity index (χ4v) is 4.11. The van der Waals surface area contributed by atoms with Gasteiger partial charge in [0, 0.05) is 11.8 Å². The zero-order valence-corrected chi connectivity index (χ0v) is 21.0. The molecule has 11 heteroatoms. The third kappa shape index (κ3) is 6.82. The summed E-state index contributed by atoms with van der Waals surface area (Å²) >= 11 is 0. The van der Waals surface area contributed by atoms with E-state index in [1.807, 2.05) is 24.3 Å². The van der Waals surface area contributed by atoms with Gasteiger partial charge in [0.1, 0.15) is 5.75 Å². The zero-order chi connectivity index (χ0) is 25.6. The van der Waals surface area contributed by atoms with Crippen molar-refractivity contribution in [1.82, 2.24) is 9.97 Å². The lowest BCUT2D eigenvalue weighted by Gasteiger charge is -2.22. The summed E-state index contributed by atoms with van der Waals surface area (Å²) < 4.78 is 43.6. The van der Waals surface area contributed by atoms with Gasteiger partial charge in [-0.2, -0.15) is 9.97 Å². The third-order valence-corrected chi connectivity index (χ3v) is 6.19. The Balaban J connectivity index is 1.64. The lowest BCUT2D eigenvalue weighted by atomic mass is 9.86. The van der Waals surface area contributed by atoms with Crippen molar-refractivity contribution in [1.29, 1.82) is 0 Å². The van der Waals surface area contributed by atoms with Gasteiger partial charge in [0.2, 0.25) is 5.88 Å². The number of carbonyl (C=O) groups excluding carboxylic acids is 1. The average Bonchev–Trinajstić information content (AvgIpc) is 2.82. The van der Waals surface area contributed by atoms with E-state index >= 15 is 0 Å². The van der Waals surface area contributed by atoms with Gasteiger partial charge in [-0.15, -0.1) is 0 Å². The predicted octanol–water partition coefficient (Wildman–Crippen LogP) is 3.61. The number of aromatic nitrogens is 2. The van der Waals surface area contributed by atoms with Crippen LogP contribution >= 0.6 is 0 Å². The Morgan fingerprint density at radius 2 is 1.66 bits per heavy atom. The molecule has 0 aliphatic rings. The predicted molar refractivity (Wildman–Crippen MR) is 132 cm³/mol. The largest absolute Gasteiger partial charge is 0.483 e. The molecule has 186 valence electrons. The number of benzene rings is 2. The first-order valence-corrected chi connectivity index (χ1v) is 12.1. The molecule has 3 aromatic rings. The number of hydrogen-bond acceptors (Lipinski definition) is 8. The second-order valence-corrected chi connectivity index (χ2v) is 10.2. The van der Waals surface area contributed by atoms with E-state index in [1.165, 1.54) is 44.6 Å². The number of nitrogens with zero attached hydrogens (tertiary/aromatic N) is 2. The summed E-state index contributed by atoms with van der Waals surface area (Å²) in [6, 6.07) is 14.5. The maximum Gasteiger partial charge on any atom is 0.321 e. The van der Waals surface area contributed by atoms with Crippen LogP contribution in [0.15, 0.2) is 59.5 Å². The number of carbonyl (C=O) groups is 1. The summed E-state index contributed by atoms with van der Waals surface area (Å²) in [4.78, 5) is 20.2. The topological polar surface area (TPSA) is 129 Å². The zero-order valence-electron chi connectivity index (χ0n) is 20.2. The fourth-order valence-electron chi connectivity index (χ4n) is 3.12. The Hall–Kier alpha value is -3.86. The van der Waals surface area contributed by atoms with Crippen LogP contribution in [-0.2, 0) is 20.2 Å². The maximum absolute atomic E-state index is 12.7. The molecule has 10 nitrogen and oxygen atoms in total. The van der Waals surface area contributed by atoms with Crippen LogP contribution in [0.2, 0.25) is 0 Å². The number of hydrogen-bond donors (Lipinski definition) is 2. The lowest BCUT2D eigenvalue weighted by molar-refractivity contribution is -0.118. The molecular weight excluding hydrogens is 472 g/mol. The van der Waals surface area contributed by atoms with E-state index in [1.54, 1.807) is 0 Å². The Kier molecular flexibility index (Phi) is 7.80. The summed E-state index contributed by atoms with van der Waals surface area (Å²) in [5.74, 6) is 0.391. The van der Waals surface area contributed by atoms with E-state index in [-0.39, 0.29) is 40.5 Å². The number of rotatable bonds is 9. The second-order valence-electron chi connectivity index (χ2n) is 8.50. The van der Waals surface area contributed by atoms with E-state index in [0.717, 1.165) is 5.56 Å². The lowest BCUT2D eigenvalue weighted by Crippen LogP contribution is -2.22. The first-order chi connectivity index (χ1) is 16.5. The molecule has 0 radical (unpaired) electrons. The smallest absolute Gasteiger partial charge is 0.321 e. The molecule has 1 heterocycles. The minimum Gasteiger partial charge on any atom is -0.483 e. The molecule has 35 heavy (non-hydrogen) atoms. The van der Waals surface area contributed by atoms with Crippen LogP contribution < -0.4 is 24.2 Å².